The SMILES string of the molecule is C=CNC(=O)C1CCC(N2C(=O)C=CC2=O)CC1. The third-order valence-electron chi connectivity index (χ3n) is 3.52. The third-order valence-corrected chi connectivity index (χ3v) is 3.52. The normalized spacial score (nSPS) is 27.4. The van der Waals surface area contributed by atoms with Crippen molar-refractivity contribution < 1.29 is 14.4 Å². The fourth-order valence-corrected chi connectivity index (χ4v) is 2.59. The van der Waals surface area contributed by atoms with E-state index in [2.05, 4.69) is 11.9 Å². The second kappa shape index (κ2) is 5.16. The summed E-state index contributed by atoms with van der Waals surface area (Å²) in [6, 6.07) is -0.0622. The van der Waals surface area contributed by atoms with Crippen LogP contribution in [0.3, 0.4) is 0 Å². The van der Waals surface area contributed by atoms with E-state index in [0.717, 1.165) is 0 Å². The van der Waals surface area contributed by atoms with Crippen molar-refractivity contribution in [1.29, 1.82) is 0 Å². The number of carbonyl (C=O) groups is 3. The van der Waals surface area contributed by atoms with E-state index in [4.69, 9.17) is 0 Å². The van der Waals surface area contributed by atoms with Gasteiger partial charge in [-0.1, -0.05) is 6.58 Å². The fraction of sp³-hybridized carbons (Fsp3) is 0.462. The molecule has 5 nitrogen and oxygen atoms in total. The summed E-state index contributed by atoms with van der Waals surface area (Å²) in [6.07, 6.45) is 6.76. The van der Waals surface area contributed by atoms with Crippen LogP contribution in [-0.2, 0) is 14.4 Å². The highest BCUT2D eigenvalue weighted by Crippen LogP contribution is 2.29. The van der Waals surface area contributed by atoms with Crippen LogP contribution in [0.5, 0.6) is 0 Å². The molecular formula is C13H16N2O3. The second-order valence-electron chi connectivity index (χ2n) is 4.60. The predicted octanol–water partition coefficient (Wildman–Crippen LogP) is 0.730. The first-order valence-electron chi connectivity index (χ1n) is 6.10. The molecule has 0 radical (unpaired) electrons. The molecule has 2 aliphatic rings. The summed E-state index contributed by atoms with van der Waals surface area (Å²) >= 11 is 0. The Morgan fingerprint density at radius 3 is 2.28 bits per heavy atom. The molecule has 1 fully saturated rings. The van der Waals surface area contributed by atoms with Crippen molar-refractivity contribution >= 4 is 17.7 Å². The van der Waals surface area contributed by atoms with E-state index in [-0.39, 0.29) is 29.7 Å². The highest BCUT2D eigenvalue weighted by molar-refractivity contribution is 6.13. The van der Waals surface area contributed by atoms with Gasteiger partial charge >= 0.3 is 0 Å². The summed E-state index contributed by atoms with van der Waals surface area (Å²) in [5.41, 5.74) is 0. The maximum Gasteiger partial charge on any atom is 0.253 e. The number of nitrogens with one attached hydrogen (secondary N) is 1. The minimum atomic E-state index is -0.237. The van der Waals surface area contributed by atoms with Gasteiger partial charge in [0.25, 0.3) is 11.8 Å². The average molecular weight is 248 g/mol. The smallest absolute Gasteiger partial charge is 0.253 e. The van der Waals surface area contributed by atoms with Gasteiger partial charge in [-0.05, 0) is 31.9 Å². The van der Waals surface area contributed by atoms with Crippen molar-refractivity contribution in [3.8, 4) is 0 Å². The van der Waals surface area contributed by atoms with E-state index in [1.54, 1.807) is 0 Å². The Kier molecular flexibility index (Phi) is 3.60. The van der Waals surface area contributed by atoms with Crippen LogP contribution in [0.2, 0.25) is 0 Å². The maximum atomic E-state index is 11.6. The average Bonchev–Trinajstić information content (AvgIpc) is 2.70. The van der Waals surface area contributed by atoms with E-state index in [9.17, 15) is 14.4 Å². The lowest BCUT2D eigenvalue weighted by atomic mass is 9.85. The van der Waals surface area contributed by atoms with Crippen LogP contribution in [0, 0.1) is 5.92 Å². The van der Waals surface area contributed by atoms with E-state index < -0.39 is 0 Å². The highest BCUT2D eigenvalue weighted by atomic mass is 16.2. The van der Waals surface area contributed by atoms with Crippen LogP contribution >= 0.6 is 0 Å². The van der Waals surface area contributed by atoms with Crippen molar-refractivity contribution in [2.45, 2.75) is 31.7 Å². The second-order valence-corrected chi connectivity index (χ2v) is 4.60. The molecule has 0 unspecified atom stereocenters. The summed E-state index contributed by atoms with van der Waals surface area (Å²) in [6.45, 7) is 3.46. The van der Waals surface area contributed by atoms with Crippen LogP contribution in [0.15, 0.2) is 24.9 Å². The molecule has 0 aromatic carbocycles. The fourth-order valence-electron chi connectivity index (χ4n) is 2.59. The highest BCUT2D eigenvalue weighted by Gasteiger charge is 2.35. The molecule has 0 atom stereocenters. The number of nitrogens with zero attached hydrogens (tertiary/aromatic N) is 1. The lowest BCUT2D eigenvalue weighted by Crippen LogP contribution is -2.43. The summed E-state index contributed by atoms with van der Waals surface area (Å²) in [7, 11) is 0. The summed E-state index contributed by atoms with van der Waals surface area (Å²) in [5.74, 6) is -0.543. The molecule has 1 aliphatic heterocycles. The summed E-state index contributed by atoms with van der Waals surface area (Å²) in [4.78, 5) is 36.0. The van der Waals surface area contributed by atoms with Crippen LogP contribution in [0.1, 0.15) is 25.7 Å². The summed E-state index contributed by atoms with van der Waals surface area (Å²) in [5, 5.41) is 2.58. The summed E-state index contributed by atoms with van der Waals surface area (Å²) < 4.78 is 0. The molecule has 0 spiro atoms. The number of hydrogen-bond donors (Lipinski definition) is 1. The first-order valence-corrected chi connectivity index (χ1v) is 6.10. The van der Waals surface area contributed by atoms with Gasteiger partial charge in [0.15, 0.2) is 0 Å². The first kappa shape index (κ1) is 12.5. The van der Waals surface area contributed by atoms with Crippen LogP contribution in [0.4, 0.5) is 0 Å². The minimum Gasteiger partial charge on any atom is -0.333 e. The van der Waals surface area contributed by atoms with Gasteiger partial charge in [-0.2, -0.15) is 0 Å². The Morgan fingerprint density at radius 1 is 1.22 bits per heavy atom. The largest absolute Gasteiger partial charge is 0.333 e. The van der Waals surface area contributed by atoms with Crippen molar-refractivity contribution in [3.63, 3.8) is 0 Å². The van der Waals surface area contributed by atoms with Gasteiger partial charge in [0.1, 0.15) is 0 Å². The molecule has 2 rings (SSSR count). The number of hydrogen-bond acceptors (Lipinski definition) is 3. The molecule has 1 heterocycles. The molecule has 5 heteroatoms. The van der Waals surface area contributed by atoms with E-state index in [1.165, 1.54) is 23.3 Å². The van der Waals surface area contributed by atoms with Crippen LogP contribution in [-0.4, -0.2) is 28.7 Å². The maximum absolute atomic E-state index is 11.6. The number of imide groups is 1. The Balaban J connectivity index is 1.91. The zero-order valence-electron chi connectivity index (χ0n) is 10.1. The number of rotatable bonds is 3. The lowest BCUT2D eigenvalue weighted by Gasteiger charge is -2.32. The minimum absolute atomic E-state index is 0.0272. The molecule has 0 saturated heterocycles. The van der Waals surface area contributed by atoms with Gasteiger partial charge in [-0.25, -0.2) is 0 Å². The Morgan fingerprint density at radius 2 is 1.78 bits per heavy atom. The first-order chi connectivity index (χ1) is 8.63. The van der Waals surface area contributed by atoms with Gasteiger partial charge in [-0.15, -0.1) is 0 Å². The molecule has 96 valence electrons. The lowest BCUT2D eigenvalue weighted by molar-refractivity contribution is -0.140. The van der Waals surface area contributed by atoms with E-state index >= 15 is 0 Å². The molecule has 1 aliphatic carbocycles. The molecule has 0 aromatic heterocycles. The van der Waals surface area contributed by atoms with Crippen LogP contribution in [0.25, 0.3) is 0 Å². The molecule has 1 saturated carbocycles. The predicted molar refractivity (Wildman–Crippen MR) is 65.1 cm³/mol. The quantitative estimate of drug-likeness (QED) is 0.749. The zero-order valence-corrected chi connectivity index (χ0v) is 10.1. The standard InChI is InChI=1S/C13H16N2O3/c1-2-14-13(18)9-3-5-10(6-4-9)15-11(16)7-8-12(15)17/h2,7-10H,1,3-6H2,(H,14,18). The van der Waals surface area contributed by atoms with Gasteiger partial charge in [0.2, 0.25) is 5.91 Å². The Bertz CT molecular complexity index is 402. The van der Waals surface area contributed by atoms with Crippen molar-refractivity contribution in [3.05, 3.63) is 24.9 Å². The van der Waals surface area contributed by atoms with Crippen molar-refractivity contribution in [2.75, 3.05) is 0 Å². The molecule has 3 amide bonds. The molecule has 0 aromatic rings. The molecule has 0 bridgehead atoms. The van der Waals surface area contributed by atoms with Gasteiger partial charge < -0.3 is 5.32 Å². The zero-order chi connectivity index (χ0) is 13.1. The third kappa shape index (κ3) is 2.34. The van der Waals surface area contributed by atoms with Gasteiger partial charge in [-0.3, -0.25) is 19.3 Å². The molecule has 1 N–H and O–H groups in total. The van der Waals surface area contributed by atoms with Gasteiger partial charge in [0.05, 0.1) is 0 Å². The Hall–Kier alpha value is -1.91. The van der Waals surface area contributed by atoms with Crippen molar-refractivity contribution in [2.24, 2.45) is 5.92 Å². The van der Waals surface area contributed by atoms with E-state index in [0.29, 0.717) is 25.7 Å². The number of amides is 3. The Labute approximate surface area is 106 Å². The number of carbonyl (C=O) groups excluding carboxylic acids is 3. The molecular weight excluding hydrogens is 232 g/mol. The van der Waals surface area contributed by atoms with E-state index in [1.807, 2.05) is 0 Å². The van der Waals surface area contributed by atoms with Gasteiger partial charge in [0, 0.05) is 24.1 Å². The monoisotopic (exact) mass is 248 g/mol. The van der Waals surface area contributed by atoms with Crippen LogP contribution < -0.4 is 5.32 Å². The topological polar surface area (TPSA) is 66.5 Å². The van der Waals surface area contributed by atoms with Crippen molar-refractivity contribution in [1.82, 2.24) is 10.2 Å². The molecule has 18 heavy (non-hydrogen) atoms.